The van der Waals surface area contributed by atoms with Crippen molar-refractivity contribution in [1.29, 1.82) is 0 Å². The predicted molar refractivity (Wildman–Crippen MR) is 70.9 cm³/mol. The zero-order valence-corrected chi connectivity index (χ0v) is 11.5. The van der Waals surface area contributed by atoms with Crippen molar-refractivity contribution >= 4 is 0 Å². The van der Waals surface area contributed by atoms with Crippen molar-refractivity contribution in [3.8, 4) is 0 Å². The first-order valence-corrected chi connectivity index (χ1v) is 6.97. The first-order chi connectivity index (χ1) is 9.17. The second-order valence-corrected chi connectivity index (χ2v) is 4.96. The van der Waals surface area contributed by atoms with E-state index in [1.807, 2.05) is 13.8 Å². The Bertz CT molecular complexity index is 421. The largest absolute Gasteiger partial charge is 0.376 e. The van der Waals surface area contributed by atoms with Crippen LogP contribution < -0.4 is 5.32 Å². The maximum atomic E-state index is 14.0. The summed E-state index contributed by atoms with van der Waals surface area (Å²) >= 11 is 0. The van der Waals surface area contributed by atoms with E-state index in [0.29, 0.717) is 18.1 Å². The van der Waals surface area contributed by atoms with Gasteiger partial charge < -0.3 is 10.1 Å². The number of halogens is 2. The standard InChI is InChI=1S/C15H21F2NO/c1-3-18-14(15(19-4-2)10-5-6-10)12-8-7-11(16)9-13(12)17/h7-10,14-15,18H,3-6H2,1-2H3. The Balaban J connectivity index is 2.26. The molecule has 4 heteroatoms. The summed E-state index contributed by atoms with van der Waals surface area (Å²) in [5, 5.41) is 3.28. The lowest BCUT2D eigenvalue weighted by Gasteiger charge is -2.28. The Labute approximate surface area is 113 Å². The van der Waals surface area contributed by atoms with E-state index in [-0.39, 0.29) is 12.1 Å². The van der Waals surface area contributed by atoms with Crippen molar-refractivity contribution < 1.29 is 13.5 Å². The Kier molecular flexibility index (Phi) is 4.88. The van der Waals surface area contributed by atoms with E-state index in [4.69, 9.17) is 4.74 Å². The zero-order valence-electron chi connectivity index (χ0n) is 11.5. The van der Waals surface area contributed by atoms with Crippen LogP contribution in [0.2, 0.25) is 0 Å². The van der Waals surface area contributed by atoms with E-state index in [1.165, 1.54) is 12.1 Å². The van der Waals surface area contributed by atoms with Gasteiger partial charge in [0.15, 0.2) is 0 Å². The molecule has 2 rings (SSSR count). The maximum Gasteiger partial charge on any atom is 0.130 e. The number of benzene rings is 1. The lowest BCUT2D eigenvalue weighted by Crippen LogP contribution is -2.36. The van der Waals surface area contributed by atoms with Gasteiger partial charge in [-0.1, -0.05) is 13.0 Å². The Morgan fingerprint density at radius 3 is 2.58 bits per heavy atom. The monoisotopic (exact) mass is 269 g/mol. The lowest BCUT2D eigenvalue weighted by atomic mass is 9.97. The number of rotatable bonds is 7. The fraction of sp³-hybridized carbons (Fsp3) is 0.600. The summed E-state index contributed by atoms with van der Waals surface area (Å²) in [5.74, 6) is -0.569. The van der Waals surface area contributed by atoms with Crippen LogP contribution in [0.1, 0.15) is 38.3 Å². The molecule has 1 saturated carbocycles. The van der Waals surface area contributed by atoms with Gasteiger partial charge in [0.05, 0.1) is 12.1 Å². The molecule has 0 saturated heterocycles. The molecule has 1 aliphatic carbocycles. The summed E-state index contributed by atoms with van der Waals surface area (Å²) in [6, 6.07) is 3.55. The van der Waals surface area contributed by atoms with Crippen LogP contribution in [0.15, 0.2) is 18.2 Å². The van der Waals surface area contributed by atoms with Crippen LogP contribution in [-0.2, 0) is 4.74 Å². The van der Waals surface area contributed by atoms with E-state index < -0.39 is 11.6 Å². The van der Waals surface area contributed by atoms with Crippen molar-refractivity contribution in [3.63, 3.8) is 0 Å². The van der Waals surface area contributed by atoms with Crippen LogP contribution in [0.5, 0.6) is 0 Å². The lowest BCUT2D eigenvalue weighted by molar-refractivity contribution is 0.0180. The topological polar surface area (TPSA) is 21.3 Å². The van der Waals surface area contributed by atoms with Gasteiger partial charge in [-0.05, 0) is 38.3 Å². The highest BCUT2D eigenvalue weighted by atomic mass is 19.1. The Morgan fingerprint density at radius 2 is 2.05 bits per heavy atom. The van der Waals surface area contributed by atoms with Gasteiger partial charge in [-0.2, -0.15) is 0 Å². The average Bonchev–Trinajstić information content (AvgIpc) is 3.18. The molecule has 1 aromatic carbocycles. The third-order valence-corrected chi connectivity index (χ3v) is 3.50. The number of hydrogen-bond donors (Lipinski definition) is 1. The van der Waals surface area contributed by atoms with Crippen LogP contribution >= 0.6 is 0 Å². The molecule has 1 aliphatic rings. The summed E-state index contributed by atoms with van der Waals surface area (Å²) in [6.45, 7) is 5.24. The van der Waals surface area contributed by atoms with Crippen LogP contribution in [0.25, 0.3) is 0 Å². The van der Waals surface area contributed by atoms with Gasteiger partial charge in [0, 0.05) is 18.2 Å². The van der Waals surface area contributed by atoms with Crippen molar-refractivity contribution in [3.05, 3.63) is 35.4 Å². The van der Waals surface area contributed by atoms with Gasteiger partial charge in [-0.15, -0.1) is 0 Å². The number of hydrogen-bond acceptors (Lipinski definition) is 2. The highest BCUT2D eigenvalue weighted by molar-refractivity contribution is 5.24. The third-order valence-electron chi connectivity index (χ3n) is 3.50. The van der Waals surface area contributed by atoms with Crippen LogP contribution in [0.4, 0.5) is 8.78 Å². The molecule has 1 aromatic rings. The quantitative estimate of drug-likeness (QED) is 0.819. The fourth-order valence-corrected chi connectivity index (χ4v) is 2.50. The predicted octanol–water partition coefficient (Wildman–Crippen LogP) is 3.43. The summed E-state index contributed by atoms with van der Waals surface area (Å²) < 4.78 is 32.8. The van der Waals surface area contributed by atoms with Gasteiger partial charge in [0.25, 0.3) is 0 Å². The molecule has 1 N–H and O–H groups in total. The maximum absolute atomic E-state index is 14.0. The Morgan fingerprint density at radius 1 is 1.32 bits per heavy atom. The van der Waals surface area contributed by atoms with Crippen molar-refractivity contribution in [2.24, 2.45) is 5.92 Å². The third kappa shape index (κ3) is 3.51. The molecule has 2 nitrogen and oxygen atoms in total. The molecule has 0 radical (unpaired) electrons. The van der Waals surface area contributed by atoms with Crippen molar-refractivity contribution in [2.45, 2.75) is 38.8 Å². The van der Waals surface area contributed by atoms with E-state index in [0.717, 1.165) is 25.5 Å². The van der Waals surface area contributed by atoms with Gasteiger partial charge in [0.2, 0.25) is 0 Å². The van der Waals surface area contributed by atoms with E-state index in [9.17, 15) is 8.78 Å². The molecule has 0 spiro atoms. The fourth-order valence-electron chi connectivity index (χ4n) is 2.50. The molecule has 0 heterocycles. The normalized spacial score (nSPS) is 18.3. The van der Waals surface area contributed by atoms with Gasteiger partial charge in [-0.3, -0.25) is 0 Å². The van der Waals surface area contributed by atoms with Gasteiger partial charge in [-0.25, -0.2) is 8.78 Å². The van der Waals surface area contributed by atoms with Crippen LogP contribution in [-0.4, -0.2) is 19.3 Å². The number of nitrogens with one attached hydrogen (secondary N) is 1. The molecule has 2 unspecified atom stereocenters. The van der Waals surface area contributed by atoms with Gasteiger partial charge >= 0.3 is 0 Å². The number of likely N-dealkylation sites (N-methyl/N-ethyl adjacent to an activating group) is 1. The van der Waals surface area contributed by atoms with Crippen LogP contribution in [0, 0.1) is 17.6 Å². The molecule has 2 atom stereocenters. The molecular formula is C15H21F2NO. The van der Waals surface area contributed by atoms with E-state index in [1.54, 1.807) is 0 Å². The first kappa shape index (κ1) is 14.4. The second-order valence-electron chi connectivity index (χ2n) is 4.96. The molecule has 19 heavy (non-hydrogen) atoms. The summed E-state index contributed by atoms with van der Waals surface area (Å²) in [7, 11) is 0. The highest BCUT2D eigenvalue weighted by Crippen LogP contribution is 2.40. The minimum atomic E-state index is -0.545. The molecule has 0 aliphatic heterocycles. The summed E-state index contributed by atoms with van der Waals surface area (Å²) in [5.41, 5.74) is 0.494. The summed E-state index contributed by atoms with van der Waals surface area (Å²) in [4.78, 5) is 0. The molecule has 0 bridgehead atoms. The van der Waals surface area contributed by atoms with E-state index in [2.05, 4.69) is 5.32 Å². The minimum absolute atomic E-state index is 0.0371. The highest BCUT2D eigenvalue weighted by Gasteiger charge is 2.38. The number of ether oxygens (including phenoxy) is 1. The Hall–Kier alpha value is -1.00. The molecule has 106 valence electrons. The molecule has 0 aromatic heterocycles. The SMILES string of the molecule is CCNC(c1ccc(F)cc1F)C(OCC)C1CC1. The van der Waals surface area contributed by atoms with E-state index >= 15 is 0 Å². The van der Waals surface area contributed by atoms with Crippen molar-refractivity contribution in [1.82, 2.24) is 5.32 Å². The molecule has 0 amide bonds. The minimum Gasteiger partial charge on any atom is -0.376 e. The summed E-state index contributed by atoms with van der Waals surface area (Å²) in [6.07, 6.45) is 2.20. The van der Waals surface area contributed by atoms with Gasteiger partial charge in [0.1, 0.15) is 11.6 Å². The van der Waals surface area contributed by atoms with Crippen molar-refractivity contribution in [2.75, 3.05) is 13.2 Å². The zero-order chi connectivity index (χ0) is 13.8. The smallest absolute Gasteiger partial charge is 0.130 e. The first-order valence-electron chi connectivity index (χ1n) is 6.97. The molecule has 1 fully saturated rings. The van der Waals surface area contributed by atoms with Crippen LogP contribution in [0.3, 0.4) is 0 Å². The average molecular weight is 269 g/mol. The second kappa shape index (κ2) is 6.44. The molecular weight excluding hydrogens is 248 g/mol.